The molecule has 4 heteroatoms. The molecule has 1 atom stereocenters. The third kappa shape index (κ3) is 3.97. The maximum Gasteiger partial charge on any atom is 0.410 e. The fourth-order valence-electron chi connectivity index (χ4n) is 2.63. The second-order valence-corrected chi connectivity index (χ2v) is 5.48. The van der Waals surface area contributed by atoms with Crippen molar-refractivity contribution >= 4 is 6.09 Å². The molecule has 0 saturated carbocycles. The Morgan fingerprint density at radius 3 is 2.65 bits per heavy atom. The molecule has 1 saturated heterocycles. The SMILES string of the molecule is CC(C1CCNCC1)N(C)C(=O)OCc1ccccc1. The molecule has 1 fully saturated rings. The van der Waals surface area contributed by atoms with Crippen LogP contribution in [0.4, 0.5) is 4.79 Å². The van der Waals surface area contributed by atoms with E-state index in [-0.39, 0.29) is 12.1 Å². The van der Waals surface area contributed by atoms with Gasteiger partial charge in [0.05, 0.1) is 0 Å². The first kappa shape index (κ1) is 14.9. The van der Waals surface area contributed by atoms with Crippen molar-refractivity contribution in [2.24, 2.45) is 5.92 Å². The Hall–Kier alpha value is -1.55. The van der Waals surface area contributed by atoms with Gasteiger partial charge in [0.25, 0.3) is 0 Å². The van der Waals surface area contributed by atoms with Crippen molar-refractivity contribution in [3.8, 4) is 0 Å². The Bertz CT molecular complexity index is 416. The van der Waals surface area contributed by atoms with Crippen LogP contribution < -0.4 is 5.32 Å². The number of carbonyl (C=O) groups excluding carboxylic acids is 1. The van der Waals surface area contributed by atoms with Crippen LogP contribution in [0.3, 0.4) is 0 Å². The molecule has 1 aliphatic heterocycles. The van der Waals surface area contributed by atoms with Crippen molar-refractivity contribution in [1.29, 1.82) is 0 Å². The van der Waals surface area contributed by atoms with Crippen LogP contribution in [0.25, 0.3) is 0 Å². The minimum atomic E-state index is -0.236. The molecular weight excluding hydrogens is 252 g/mol. The predicted molar refractivity (Wildman–Crippen MR) is 79.4 cm³/mol. The fourth-order valence-corrected chi connectivity index (χ4v) is 2.63. The second-order valence-electron chi connectivity index (χ2n) is 5.48. The van der Waals surface area contributed by atoms with Crippen LogP contribution in [0.5, 0.6) is 0 Å². The van der Waals surface area contributed by atoms with Crippen LogP contribution in [0.1, 0.15) is 25.3 Å². The molecule has 110 valence electrons. The second kappa shape index (κ2) is 7.29. The maximum atomic E-state index is 12.1. The predicted octanol–water partition coefficient (Wildman–Crippen LogP) is 2.64. The zero-order valence-electron chi connectivity index (χ0n) is 12.3. The summed E-state index contributed by atoms with van der Waals surface area (Å²) in [6.07, 6.45) is 2.01. The number of hydrogen-bond acceptors (Lipinski definition) is 3. The number of hydrogen-bond donors (Lipinski definition) is 1. The van der Waals surface area contributed by atoms with Crippen molar-refractivity contribution < 1.29 is 9.53 Å². The van der Waals surface area contributed by atoms with Crippen molar-refractivity contribution in [3.63, 3.8) is 0 Å². The average Bonchev–Trinajstić information content (AvgIpc) is 2.53. The zero-order valence-corrected chi connectivity index (χ0v) is 12.3. The zero-order chi connectivity index (χ0) is 14.4. The lowest BCUT2D eigenvalue weighted by molar-refractivity contribution is 0.0783. The number of nitrogens with one attached hydrogen (secondary N) is 1. The molecule has 0 radical (unpaired) electrons. The largest absolute Gasteiger partial charge is 0.445 e. The summed E-state index contributed by atoms with van der Waals surface area (Å²) in [7, 11) is 1.83. The molecule has 0 bridgehead atoms. The van der Waals surface area contributed by atoms with E-state index in [1.165, 1.54) is 0 Å². The Morgan fingerprint density at radius 1 is 1.35 bits per heavy atom. The first-order valence-electron chi connectivity index (χ1n) is 7.32. The van der Waals surface area contributed by atoms with Gasteiger partial charge >= 0.3 is 6.09 Å². The van der Waals surface area contributed by atoms with Gasteiger partial charge in [-0.05, 0) is 44.3 Å². The Labute approximate surface area is 121 Å². The lowest BCUT2D eigenvalue weighted by Gasteiger charge is -2.33. The van der Waals surface area contributed by atoms with Gasteiger partial charge < -0.3 is 15.0 Å². The van der Waals surface area contributed by atoms with Crippen molar-refractivity contribution in [3.05, 3.63) is 35.9 Å². The van der Waals surface area contributed by atoms with Crippen molar-refractivity contribution in [2.75, 3.05) is 20.1 Å². The monoisotopic (exact) mass is 276 g/mol. The summed E-state index contributed by atoms with van der Waals surface area (Å²) in [5.41, 5.74) is 1.02. The number of benzene rings is 1. The molecule has 0 aromatic heterocycles. The Morgan fingerprint density at radius 2 is 2.00 bits per heavy atom. The van der Waals surface area contributed by atoms with E-state index in [1.807, 2.05) is 37.4 Å². The van der Waals surface area contributed by atoms with Crippen molar-refractivity contribution in [1.82, 2.24) is 10.2 Å². The van der Waals surface area contributed by atoms with E-state index >= 15 is 0 Å². The molecule has 1 unspecified atom stereocenters. The molecule has 1 aromatic carbocycles. The number of rotatable bonds is 4. The smallest absolute Gasteiger partial charge is 0.410 e. The third-order valence-corrected chi connectivity index (χ3v) is 4.17. The van der Waals surface area contributed by atoms with Gasteiger partial charge in [0.15, 0.2) is 0 Å². The number of ether oxygens (including phenoxy) is 1. The molecule has 1 N–H and O–H groups in total. The van der Waals surface area contributed by atoms with Crippen LogP contribution >= 0.6 is 0 Å². The molecule has 1 heterocycles. The number of carbonyl (C=O) groups is 1. The van der Waals surface area contributed by atoms with E-state index in [9.17, 15) is 4.79 Å². The molecule has 1 amide bonds. The van der Waals surface area contributed by atoms with Crippen LogP contribution in [0, 0.1) is 5.92 Å². The van der Waals surface area contributed by atoms with E-state index in [0.29, 0.717) is 12.5 Å². The Kier molecular flexibility index (Phi) is 5.41. The fraction of sp³-hybridized carbons (Fsp3) is 0.562. The van der Waals surface area contributed by atoms with Gasteiger partial charge in [-0.15, -0.1) is 0 Å². The molecule has 4 nitrogen and oxygen atoms in total. The van der Waals surface area contributed by atoms with Gasteiger partial charge in [0, 0.05) is 13.1 Å². The standard InChI is InChI=1S/C16H24N2O2/c1-13(15-8-10-17-11-9-15)18(2)16(19)20-12-14-6-4-3-5-7-14/h3-7,13,15,17H,8-12H2,1-2H3. The van der Waals surface area contributed by atoms with E-state index in [1.54, 1.807) is 4.90 Å². The average molecular weight is 276 g/mol. The molecule has 1 aliphatic rings. The normalized spacial score (nSPS) is 17.5. The highest BCUT2D eigenvalue weighted by molar-refractivity contribution is 5.67. The summed E-state index contributed by atoms with van der Waals surface area (Å²) in [5, 5.41) is 3.35. The number of piperidine rings is 1. The van der Waals surface area contributed by atoms with Crippen molar-refractivity contribution in [2.45, 2.75) is 32.4 Å². The van der Waals surface area contributed by atoms with Crippen LogP contribution in [0.15, 0.2) is 30.3 Å². The quantitative estimate of drug-likeness (QED) is 0.919. The summed E-state index contributed by atoms with van der Waals surface area (Å²) in [5.74, 6) is 0.561. The van der Waals surface area contributed by atoms with Gasteiger partial charge in [-0.3, -0.25) is 0 Å². The summed E-state index contributed by atoms with van der Waals surface area (Å²) in [6, 6.07) is 10.00. The van der Waals surface area contributed by atoms with E-state index in [0.717, 1.165) is 31.5 Å². The van der Waals surface area contributed by atoms with Crippen LogP contribution in [-0.4, -0.2) is 37.2 Å². The highest BCUT2D eigenvalue weighted by Crippen LogP contribution is 2.20. The third-order valence-electron chi connectivity index (χ3n) is 4.17. The van der Waals surface area contributed by atoms with Crippen LogP contribution in [-0.2, 0) is 11.3 Å². The minimum absolute atomic E-state index is 0.223. The molecular formula is C16H24N2O2. The molecule has 2 rings (SSSR count). The van der Waals surface area contributed by atoms with Gasteiger partial charge in [-0.1, -0.05) is 30.3 Å². The number of amides is 1. The number of nitrogens with zero attached hydrogens (tertiary/aromatic N) is 1. The highest BCUT2D eigenvalue weighted by atomic mass is 16.6. The molecule has 1 aromatic rings. The minimum Gasteiger partial charge on any atom is -0.445 e. The van der Waals surface area contributed by atoms with E-state index in [4.69, 9.17) is 4.74 Å². The Balaban J connectivity index is 1.81. The summed E-state index contributed by atoms with van der Waals surface area (Å²) in [6.45, 7) is 4.53. The lowest BCUT2D eigenvalue weighted by Crippen LogP contribution is -2.43. The first-order chi connectivity index (χ1) is 9.68. The van der Waals surface area contributed by atoms with Gasteiger partial charge in [0.1, 0.15) is 6.61 Å². The van der Waals surface area contributed by atoms with Gasteiger partial charge in [-0.25, -0.2) is 4.79 Å². The van der Waals surface area contributed by atoms with Gasteiger partial charge in [-0.2, -0.15) is 0 Å². The molecule has 0 spiro atoms. The van der Waals surface area contributed by atoms with Gasteiger partial charge in [0.2, 0.25) is 0 Å². The maximum absolute atomic E-state index is 12.1. The van der Waals surface area contributed by atoms with E-state index < -0.39 is 0 Å². The summed E-state index contributed by atoms with van der Waals surface area (Å²) >= 11 is 0. The topological polar surface area (TPSA) is 41.6 Å². The molecule has 20 heavy (non-hydrogen) atoms. The molecule has 0 aliphatic carbocycles. The summed E-state index contributed by atoms with van der Waals surface area (Å²) in [4.78, 5) is 13.8. The highest BCUT2D eigenvalue weighted by Gasteiger charge is 2.26. The van der Waals surface area contributed by atoms with E-state index in [2.05, 4.69) is 12.2 Å². The summed E-state index contributed by atoms with van der Waals surface area (Å²) < 4.78 is 5.37. The first-order valence-corrected chi connectivity index (χ1v) is 7.32. The van der Waals surface area contributed by atoms with Crippen LogP contribution in [0.2, 0.25) is 0 Å². The lowest BCUT2D eigenvalue weighted by atomic mass is 9.91.